The van der Waals surface area contributed by atoms with Crippen LogP contribution in [0.25, 0.3) is 0 Å². The Morgan fingerprint density at radius 3 is 2.90 bits per heavy atom. The summed E-state index contributed by atoms with van der Waals surface area (Å²) in [5.74, 6) is 0.177. The summed E-state index contributed by atoms with van der Waals surface area (Å²) in [6.45, 7) is 6.04. The summed E-state index contributed by atoms with van der Waals surface area (Å²) >= 11 is 3.51. The number of fused-ring (bicyclic) bond motifs is 1. The van der Waals surface area contributed by atoms with Crippen molar-refractivity contribution < 1.29 is 4.79 Å². The predicted molar refractivity (Wildman–Crippen MR) is 84.0 cm³/mol. The van der Waals surface area contributed by atoms with Crippen molar-refractivity contribution in [3.63, 3.8) is 0 Å². The van der Waals surface area contributed by atoms with Crippen LogP contribution in [0.5, 0.6) is 0 Å². The van der Waals surface area contributed by atoms with Gasteiger partial charge in [0.15, 0.2) is 0 Å². The number of rotatable bonds is 1. The van der Waals surface area contributed by atoms with E-state index in [-0.39, 0.29) is 5.91 Å². The molecule has 3 nitrogen and oxygen atoms in total. The average Bonchev–Trinajstić information content (AvgIpc) is 2.49. The molecule has 0 saturated carbocycles. The Hall–Kier alpha value is -0.870. The highest BCUT2D eigenvalue weighted by atomic mass is 79.9. The number of hydrogen-bond donors (Lipinski definition) is 0. The maximum Gasteiger partial charge on any atom is 0.253 e. The standard InChI is InChI=1S/C16H21BrN2O/c1-12-5-6-13(10-15(12)17)16(20)19-9-8-18-7-3-2-4-14(18)11-19/h5-6,10,14H,2-4,7-9,11H2,1H3. The molecule has 0 aromatic heterocycles. The molecule has 2 saturated heterocycles. The molecule has 1 amide bonds. The molecule has 108 valence electrons. The molecule has 2 aliphatic heterocycles. The van der Waals surface area contributed by atoms with Gasteiger partial charge >= 0.3 is 0 Å². The maximum absolute atomic E-state index is 12.6. The SMILES string of the molecule is Cc1ccc(C(=O)N2CCN3CCCCC3C2)cc1Br. The van der Waals surface area contributed by atoms with E-state index in [1.54, 1.807) is 0 Å². The van der Waals surface area contributed by atoms with Gasteiger partial charge in [-0.2, -0.15) is 0 Å². The van der Waals surface area contributed by atoms with Crippen LogP contribution < -0.4 is 0 Å². The third-order valence-electron chi connectivity index (χ3n) is 4.54. The van der Waals surface area contributed by atoms with Crippen LogP contribution in [0.3, 0.4) is 0 Å². The van der Waals surface area contributed by atoms with Gasteiger partial charge in [0.25, 0.3) is 5.91 Å². The fraction of sp³-hybridized carbons (Fsp3) is 0.562. The number of benzene rings is 1. The Bertz CT molecular complexity index is 517. The molecule has 1 atom stereocenters. The van der Waals surface area contributed by atoms with Crippen molar-refractivity contribution in [2.75, 3.05) is 26.2 Å². The third-order valence-corrected chi connectivity index (χ3v) is 5.40. The number of hydrogen-bond acceptors (Lipinski definition) is 2. The second-order valence-corrected chi connectivity index (χ2v) is 6.76. The van der Waals surface area contributed by atoms with E-state index < -0.39 is 0 Å². The molecule has 2 heterocycles. The van der Waals surface area contributed by atoms with Gasteiger partial charge in [0, 0.05) is 35.7 Å². The number of halogens is 1. The van der Waals surface area contributed by atoms with Crippen molar-refractivity contribution >= 4 is 21.8 Å². The Labute approximate surface area is 129 Å². The topological polar surface area (TPSA) is 23.6 Å². The summed E-state index contributed by atoms with van der Waals surface area (Å²) in [7, 11) is 0. The zero-order valence-corrected chi connectivity index (χ0v) is 13.5. The van der Waals surface area contributed by atoms with Gasteiger partial charge in [-0.05, 0) is 44.0 Å². The molecule has 2 aliphatic rings. The molecule has 3 rings (SSSR count). The van der Waals surface area contributed by atoms with Gasteiger partial charge in [0.2, 0.25) is 0 Å². The van der Waals surface area contributed by atoms with Gasteiger partial charge in [-0.3, -0.25) is 9.69 Å². The molecule has 0 N–H and O–H groups in total. The molecule has 0 aliphatic carbocycles. The number of carbonyl (C=O) groups is 1. The Balaban J connectivity index is 1.72. The van der Waals surface area contributed by atoms with E-state index in [0.717, 1.165) is 29.7 Å². The van der Waals surface area contributed by atoms with Crippen LogP contribution >= 0.6 is 15.9 Å². The Morgan fingerprint density at radius 2 is 2.10 bits per heavy atom. The van der Waals surface area contributed by atoms with Crippen molar-refractivity contribution in [1.29, 1.82) is 0 Å². The summed E-state index contributed by atoms with van der Waals surface area (Å²) in [5.41, 5.74) is 1.96. The van der Waals surface area contributed by atoms with E-state index in [9.17, 15) is 4.79 Å². The van der Waals surface area contributed by atoms with Crippen LogP contribution in [-0.2, 0) is 0 Å². The highest BCUT2D eigenvalue weighted by Crippen LogP contribution is 2.23. The quantitative estimate of drug-likeness (QED) is 0.786. The molecule has 2 fully saturated rings. The summed E-state index contributed by atoms with van der Waals surface area (Å²) < 4.78 is 1.01. The van der Waals surface area contributed by atoms with Gasteiger partial charge < -0.3 is 4.90 Å². The fourth-order valence-corrected chi connectivity index (χ4v) is 3.63. The number of nitrogens with zero attached hydrogens (tertiary/aromatic N) is 2. The minimum absolute atomic E-state index is 0.177. The first-order valence-electron chi connectivity index (χ1n) is 7.44. The van der Waals surface area contributed by atoms with Gasteiger partial charge in [-0.1, -0.05) is 28.4 Å². The van der Waals surface area contributed by atoms with Crippen molar-refractivity contribution in [2.45, 2.75) is 32.2 Å². The molecule has 0 spiro atoms. The van der Waals surface area contributed by atoms with Crippen LogP contribution in [0.4, 0.5) is 0 Å². The molecule has 1 aromatic carbocycles. The van der Waals surface area contributed by atoms with E-state index in [0.29, 0.717) is 6.04 Å². The molecule has 20 heavy (non-hydrogen) atoms. The van der Waals surface area contributed by atoms with Gasteiger partial charge in [-0.25, -0.2) is 0 Å². The van der Waals surface area contributed by atoms with Crippen molar-refractivity contribution in [3.05, 3.63) is 33.8 Å². The number of amides is 1. The number of piperazine rings is 1. The van der Waals surface area contributed by atoms with Crippen molar-refractivity contribution in [3.8, 4) is 0 Å². The van der Waals surface area contributed by atoms with E-state index in [1.807, 2.05) is 30.0 Å². The monoisotopic (exact) mass is 336 g/mol. The molecular weight excluding hydrogens is 316 g/mol. The molecule has 1 unspecified atom stereocenters. The zero-order chi connectivity index (χ0) is 14.1. The lowest BCUT2D eigenvalue weighted by Crippen LogP contribution is -2.56. The first kappa shape index (κ1) is 14.1. The van der Waals surface area contributed by atoms with E-state index in [2.05, 4.69) is 20.8 Å². The molecule has 0 radical (unpaired) electrons. The van der Waals surface area contributed by atoms with E-state index >= 15 is 0 Å². The van der Waals surface area contributed by atoms with Gasteiger partial charge in [-0.15, -0.1) is 0 Å². The van der Waals surface area contributed by atoms with Gasteiger partial charge in [0.05, 0.1) is 0 Å². The van der Waals surface area contributed by atoms with Crippen LogP contribution in [-0.4, -0.2) is 47.9 Å². The Kier molecular flexibility index (Phi) is 4.13. The highest BCUT2D eigenvalue weighted by Gasteiger charge is 2.31. The number of piperidine rings is 1. The fourth-order valence-electron chi connectivity index (χ4n) is 3.25. The smallest absolute Gasteiger partial charge is 0.253 e. The summed E-state index contributed by atoms with van der Waals surface area (Å²) in [6, 6.07) is 6.48. The first-order chi connectivity index (χ1) is 9.65. The van der Waals surface area contributed by atoms with Crippen LogP contribution in [0.15, 0.2) is 22.7 Å². The van der Waals surface area contributed by atoms with E-state index in [1.165, 1.54) is 31.4 Å². The minimum atomic E-state index is 0.177. The predicted octanol–water partition coefficient (Wildman–Crippen LogP) is 3.07. The Morgan fingerprint density at radius 1 is 1.25 bits per heavy atom. The summed E-state index contributed by atoms with van der Waals surface area (Å²) in [5, 5.41) is 0. The van der Waals surface area contributed by atoms with Crippen LogP contribution in [0.1, 0.15) is 35.2 Å². The minimum Gasteiger partial charge on any atom is -0.336 e. The third kappa shape index (κ3) is 2.77. The normalized spacial score (nSPS) is 23.5. The molecule has 0 bridgehead atoms. The molecule has 1 aromatic rings. The number of aryl methyl sites for hydroxylation is 1. The average molecular weight is 337 g/mol. The van der Waals surface area contributed by atoms with Crippen LogP contribution in [0, 0.1) is 6.92 Å². The number of carbonyl (C=O) groups excluding carboxylic acids is 1. The lowest BCUT2D eigenvalue weighted by molar-refractivity contribution is 0.0372. The molecular formula is C16H21BrN2O. The van der Waals surface area contributed by atoms with E-state index in [4.69, 9.17) is 0 Å². The first-order valence-corrected chi connectivity index (χ1v) is 8.24. The second-order valence-electron chi connectivity index (χ2n) is 5.90. The second kappa shape index (κ2) is 5.86. The lowest BCUT2D eigenvalue weighted by Gasteiger charge is -2.44. The van der Waals surface area contributed by atoms with Crippen molar-refractivity contribution in [2.24, 2.45) is 0 Å². The lowest BCUT2D eigenvalue weighted by atomic mass is 9.99. The molecule has 4 heteroatoms. The van der Waals surface area contributed by atoms with Gasteiger partial charge in [0.1, 0.15) is 0 Å². The summed E-state index contributed by atoms with van der Waals surface area (Å²) in [6.07, 6.45) is 3.86. The van der Waals surface area contributed by atoms with Crippen LogP contribution in [0.2, 0.25) is 0 Å². The van der Waals surface area contributed by atoms with Crippen molar-refractivity contribution in [1.82, 2.24) is 9.80 Å². The summed E-state index contributed by atoms with van der Waals surface area (Å²) in [4.78, 5) is 17.2. The zero-order valence-electron chi connectivity index (χ0n) is 11.9. The maximum atomic E-state index is 12.6. The largest absolute Gasteiger partial charge is 0.336 e. The highest BCUT2D eigenvalue weighted by molar-refractivity contribution is 9.10.